The molecule has 17 nitrogen and oxygen atoms in total. The molecule has 9 atom stereocenters. The molecular formula is C63H102N4O13. The first-order valence-electron chi connectivity index (χ1n) is 30.8. The molecule has 4 heterocycles. The van der Waals surface area contributed by atoms with Crippen LogP contribution in [-0.2, 0) is 52.4 Å². The third-order valence-corrected chi connectivity index (χ3v) is 17.0. The van der Waals surface area contributed by atoms with Gasteiger partial charge in [-0.2, -0.15) is 0 Å². The molecule has 452 valence electrons. The van der Waals surface area contributed by atoms with Gasteiger partial charge >= 0.3 is 12.1 Å². The van der Waals surface area contributed by atoms with Gasteiger partial charge in [0.05, 0.1) is 51.8 Å². The lowest BCUT2D eigenvalue weighted by molar-refractivity contribution is -0.167. The molecule has 0 spiro atoms. The summed E-state index contributed by atoms with van der Waals surface area (Å²) < 4.78 is 34.9. The van der Waals surface area contributed by atoms with Crippen LogP contribution in [0.4, 0.5) is 4.79 Å². The number of fused-ring (bicyclic) bond motifs is 3. The average molecular weight is 1120 g/mol. The standard InChI is InChI=1S/C63H102N4O13/c1-8-75-35-36-77-38-37-76-34-30-64-59(70)43-66-32-28-51(29-33-66)65-63(74)80-53-26-22-50(23-27-53)21-25-52-24-20-45(3)40-49(7)57(69)42-56(68)48(6)39-44(2)15-10-9-11-16-46(4)47(5)41-54-17-14-19-58(78-54)60(71)61(72)67-31-13-12-18-55(67)62(73)79-52/h9-11,15-16,40,44-45,47-48,50-55,57-58,69H,8,12-14,17-39,41-43H2,1-7H3,(H,64,70)(H,65,74)/b11-9+,15-10+,46-16+,49-40+/t44-,45+,47+,48-,50-,52+,53-,54?,55+,57+,58?/m1/s1. The summed E-state index contributed by atoms with van der Waals surface area (Å²) in [6, 6.07) is -0.896. The minimum Gasteiger partial charge on any atom is -0.461 e. The Bertz CT molecular complexity index is 2040. The van der Waals surface area contributed by atoms with E-state index < -0.39 is 48.1 Å². The fourth-order valence-electron chi connectivity index (χ4n) is 11.8. The maximum Gasteiger partial charge on any atom is 0.407 e. The first-order chi connectivity index (χ1) is 38.5. The number of esters is 1. The second kappa shape index (κ2) is 36.3. The molecule has 0 aromatic heterocycles. The van der Waals surface area contributed by atoms with Crippen molar-refractivity contribution in [2.24, 2.45) is 29.6 Å². The number of ether oxygens (including phenoxy) is 6. The molecule has 2 unspecified atom stereocenters. The van der Waals surface area contributed by atoms with E-state index in [1.165, 1.54) is 10.5 Å². The minimum absolute atomic E-state index is 0.0148. The zero-order chi connectivity index (χ0) is 57.8. The van der Waals surface area contributed by atoms with Gasteiger partial charge in [-0.25, -0.2) is 9.59 Å². The fraction of sp³-hybridized carbons (Fsp3) is 0.778. The van der Waals surface area contributed by atoms with Crippen LogP contribution in [0.25, 0.3) is 0 Å². The Morgan fingerprint density at radius 2 is 1.45 bits per heavy atom. The van der Waals surface area contributed by atoms with Crippen LogP contribution in [0.2, 0.25) is 0 Å². The van der Waals surface area contributed by atoms with Crippen molar-refractivity contribution in [3.63, 3.8) is 0 Å². The number of hydrogen-bond acceptors (Lipinski definition) is 14. The number of ketones is 2. The normalized spacial score (nSPS) is 32.3. The van der Waals surface area contributed by atoms with Crippen LogP contribution in [0.3, 0.4) is 0 Å². The Morgan fingerprint density at radius 1 is 0.725 bits per heavy atom. The van der Waals surface area contributed by atoms with Gasteiger partial charge in [-0.1, -0.05) is 69.7 Å². The van der Waals surface area contributed by atoms with E-state index in [0.29, 0.717) is 123 Å². The van der Waals surface area contributed by atoms with E-state index in [2.05, 4.69) is 55.4 Å². The molecule has 1 aliphatic carbocycles. The van der Waals surface area contributed by atoms with Gasteiger partial charge in [-0.3, -0.25) is 24.1 Å². The van der Waals surface area contributed by atoms with Gasteiger partial charge in [0, 0.05) is 51.2 Å². The smallest absolute Gasteiger partial charge is 0.407 e. The highest BCUT2D eigenvalue weighted by Gasteiger charge is 2.41. The van der Waals surface area contributed by atoms with Gasteiger partial charge in [-0.05, 0) is 166 Å². The zero-order valence-corrected chi connectivity index (χ0v) is 49.8. The highest BCUT2D eigenvalue weighted by molar-refractivity contribution is 6.38. The summed E-state index contributed by atoms with van der Waals surface area (Å²) in [4.78, 5) is 84.9. The Balaban J connectivity index is 1.13. The molecule has 2 bridgehead atoms. The number of allylic oxidation sites excluding steroid dienone is 7. The number of Topliss-reactive ketones (excluding diaryl/α,β-unsaturated/α-hetero) is 2. The summed E-state index contributed by atoms with van der Waals surface area (Å²) in [5.74, 6) is -1.26. The second-order valence-electron chi connectivity index (χ2n) is 23.8. The van der Waals surface area contributed by atoms with E-state index in [4.69, 9.17) is 28.4 Å². The lowest BCUT2D eigenvalue weighted by atomic mass is 9.83. The van der Waals surface area contributed by atoms with Crippen LogP contribution in [0, 0.1) is 29.6 Å². The van der Waals surface area contributed by atoms with Crippen molar-refractivity contribution < 1.29 is 62.3 Å². The van der Waals surface area contributed by atoms with Crippen LogP contribution in [-0.4, -0.2) is 165 Å². The predicted octanol–water partition coefficient (Wildman–Crippen LogP) is 8.95. The van der Waals surface area contributed by atoms with Gasteiger partial charge in [0.25, 0.3) is 5.91 Å². The van der Waals surface area contributed by atoms with Crippen molar-refractivity contribution in [3.05, 3.63) is 47.6 Å². The number of nitrogens with one attached hydrogen (secondary N) is 2. The molecule has 4 aliphatic heterocycles. The Kier molecular flexibility index (Phi) is 30.2. The van der Waals surface area contributed by atoms with Crippen molar-refractivity contribution in [1.82, 2.24) is 20.4 Å². The van der Waals surface area contributed by atoms with Gasteiger partial charge in [0.1, 0.15) is 30.1 Å². The van der Waals surface area contributed by atoms with Crippen LogP contribution in [0.5, 0.6) is 0 Å². The monoisotopic (exact) mass is 1120 g/mol. The summed E-state index contributed by atoms with van der Waals surface area (Å²) in [5, 5.41) is 17.2. The molecule has 3 amide bonds. The van der Waals surface area contributed by atoms with E-state index in [9.17, 15) is 33.9 Å². The summed E-state index contributed by atoms with van der Waals surface area (Å²) in [5.41, 5.74) is 1.92. The molecule has 17 heteroatoms. The van der Waals surface area contributed by atoms with E-state index in [0.717, 1.165) is 76.2 Å². The highest BCUT2D eigenvalue weighted by atomic mass is 16.6. The first-order valence-corrected chi connectivity index (χ1v) is 30.8. The minimum atomic E-state index is -0.897. The molecule has 0 aromatic rings. The number of amides is 3. The summed E-state index contributed by atoms with van der Waals surface area (Å²) >= 11 is 0. The van der Waals surface area contributed by atoms with Crippen molar-refractivity contribution in [2.45, 2.75) is 213 Å². The average Bonchev–Trinajstić information content (AvgIpc) is 3.45. The number of carbonyl (C=O) groups excluding carboxylic acids is 6. The molecule has 80 heavy (non-hydrogen) atoms. The maximum atomic E-state index is 14.3. The van der Waals surface area contributed by atoms with E-state index in [-0.39, 0.29) is 60.0 Å². The van der Waals surface area contributed by atoms with Crippen LogP contribution in [0.1, 0.15) is 170 Å². The van der Waals surface area contributed by atoms with Crippen molar-refractivity contribution in [2.75, 3.05) is 72.4 Å². The SMILES string of the molecule is CCOCCOCCOCCNC(=O)CN1CCC(NC(=O)O[C@H]2CC[C@H](CC[C@@H]3CC[C@H](C)/C=C(\C)[C@@H](O)CC(=O)[C@H](C)C[C@H](C)/C=C/C=C/C=C(\C)[C@@H](C)CC4CCCC(O4)C(=O)C(=O)N4CCCC[C@H]4C(=O)O3)CC2)CC1. The zero-order valence-electron chi connectivity index (χ0n) is 49.8. The number of rotatable bonds is 17. The van der Waals surface area contributed by atoms with Crippen LogP contribution < -0.4 is 10.6 Å². The fourth-order valence-corrected chi connectivity index (χ4v) is 11.8. The number of hydrogen-bond donors (Lipinski definition) is 3. The Labute approximate surface area is 479 Å². The van der Waals surface area contributed by atoms with E-state index in [1.807, 2.05) is 45.1 Å². The summed E-state index contributed by atoms with van der Waals surface area (Å²) in [7, 11) is 0. The van der Waals surface area contributed by atoms with Gasteiger partial charge in [0.2, 0.25) is 11.7 Å². The first kappa shape index (κ1) is 66.5. The molecular weight excluding hydrogens is 1020 g/mol. The molecule has 0 aromatic carbocycles. The molecule has 4 fully saturated rings. The predicted molar refractivity (Wildman–Crippen MR) is 308 cm³/mol. The third-order valence-electron chi connectivity index (χ3n) is 17.0. The van der Waals surface area contributed by atoms with Gasteiger partial charge in [0.15, 0.2) is 0 Å². The third kappa shape index (κ3) is 24.3. The van der Waals surface area contributed by atoms with E-state index >= 15 is 0 Å². The number of cyclic esters (lactones) is 1. The van der Waals surface area contributed by atoms with E-state index in [1.54, 1.807) is 0 Å². The number of piperidine rings is 2. The molecule has 1 saturated carbocycles. The number of alkyl carbamates (subject to hydrolysis) is 1. The number of aliphatic hydroxyl groups is 1. The molecule has 0 radical (unpaired) electrons. The summed E-state index contributed by atoms with van der Waals surface area (Å²) in [6.45, 7) is 19.7. The Morgan fingerprint density at radius 3 is 2.19 bits per heavy atom. The number of aliphatic hydroxyl groups excluding tert-OH is 1. The van der Waals surface area contributed by atoms with Crippen LogP contribution >= 0.6 is 0 Å². The van der Waals surface area contributed by atoms with Gasteiger partial charge in [-0.15, -0.1) is 0 Å². The second-order valence-corrected chi connectivity index (χ2v) is 23.8. The number of carbonyl (C=O) groups is 6. The number of nitrogens with zero attached hydrogens (tertiary/aromatic N) is 2. The largest absolute Gasteiger partial charge is 0.461 e. The van der Waals surface area contributed by atoms with Crippen LogP contribution in [0.15, 0.2) is 47.6 Å². The van der Waals surface area contributed by atoms with Crippen molar-refractivity contribution >= 4 is 35.4 Å². The lowest BCUT2D eigenvalue weighted by Gasteiger charge is -2.36. The molecule has 3 saturated heterocycles. The maximum absolute atomic E-state index is 14.3. The topological polar surface area (TPSA) is 209 Å². The highest BCUT2D eigenvalue weighted by Crippen LogP contribution is 2.33. The number of likely N-dealkylation sites (tertiary alicyclic amines) is 1. The van der Waals surface area contributed by atoms with Crippen molar-refractivity contribution in [1.29, 1.82) is 0 Å². The van der Waals surface area contributed by atoms with Gasteiger partial charge < -0.3 is 49.1 Å². The summed E-state index contributed by atoms with van der Waals surface area (Å²) in [6.07, 6.45) is 21.9. The quantitative estimate of drug-likeness (QED) is 0.0538. The Hall–Kier alpha value is -4.26. The molecule has 5 aliphatic rings. The molecule has 5 rings (SSSR count). The van der Waals surface area contributed by atoms with Crippen molar-refractivity contribution in [3.8, 4) is 0 Å². The lowest BCUT2D eigenvalue weighted by Crippen LogP contribution is -2.54. The molecule has 3 N–H and O–H groups in total.